The van der Waals surface area contributed by atoms with Gasteiger partial charge in [-0.25, -0.2) is 24.1 Å². The number of carboxylic acids is 1. The highest BCUT2D eigenvalue weighted by atomic mass is 19.1. The van der Waals surface area contributed by atoms with Gasteiger partial charge < -0.3 is 20.5 Å². The standard InChI is InChI=1S/C36H39FN8O3/c37-27-21-29(24-39-23-27)48-20-19-45(17-4-3-9-28-13-12-25-7-6-16-40-33(25)41-28)18-14-32(36(46)47)43-35-30-10-1-2-11-31(30)42-34(44-35)26-8-5-15-38-22-26/h1-2,5,8,10-13,15,21-24,32H,3-4,6-7,9,14,16-20H2,(H,40,41)(H,46,47)(H,42,43,44)/t32-/m0/s1. The maximum absolute atomic E-state index is 13.6. The molecule has 5 heterocycles. The van der Waals surface area contributed by atoms with E-state index in [2.05, 4.69) is 42.6 Å². The highest BCUT2D eigenvalue weighted by Crippen LogP contribution is 2.26. The Labute approximate surface area is 278 Å². The number of carboxylic acid groups (broad SMARTS) is 1. The number of fused-ring (bicyclic) bond motifs is 2. The van der Waals surface area contributed by atoms with Gasteiger partial charge in [0, 0.05) is 54.7 Å². The molecule has 6 rings (SSSR count). The number of nitrogens with zero attached hydrogens (tertiary/aromatic N) is 6. The van der Waals surface area contributed by atoms with Crippen LogP contribution < -0.4 is 15.4 Å². The summed E-state index contributed by atoms with van der Waals surface area (Å²) in [5, 5.41) is 17.6. The fourth-order valence-corrected chi connectivity index (χ4v) is 5.79. The summed E-state index contributed by atoms with van der Waals surface area (Å²) in [5.74, 6) is 0.827. The largest absolute Gasteiger partial charge is 0.491 e. The number of unbranched alkanes of at least 4 members (excludes halogenated alkanes) is 1. The Bertz CT molecular complexity index is 1830. The third-order valence-electron chi connectivity index (χ3n) is 8.33. The number of rotatable bonds is 16. The van der Waals surface area contributed by atoms with Crippen molar-refractivity contribution in [3.8, 4) is 17.1 Å². The van der Waals surface area contributed by atoms with Crippen molar-refractivity contribution in [2.75, 3.05) is 43.4 Å². The summed E-state index contributed by atoms with van der Waals surface area (Å²) < 4.78 is 19.4. The van der Waals surface area contributed by atoms with Crippen LogP contribution in [0.5, 0.6) is 5.75 Å². The average molecular weight is 651 g/mol. The van der Waals surface area contributed by atoms with Crippen LogP contribution in [0.15, 0.2) is 79.4 Å². The summed E-state index contributed by atoms with van der Waals surface area (Å²) >= 11 is 0. The molecule has 0 unspecified atom stereocenters. The number of anilines is 2. The molecule has 3 N–H and O–H groups in total. The van der Waals surface area contributed by atoms with Crippen LogP contribution in [-0.2, 0) is 17.6 Å². The number of aryl methyl sites for hydroxylation is 2. The van der Waals surface area contributed by atoms with Gasteiger partial charge in [-0.3, -0.25) is 14.9 Å². The lowest BCUT2D eigenvalue weighted by molar-refractivity contribution is -0.138. The number of halogens is 1. The lowest BCUT2D eigenvalue weighted by atomic mass is 10.1. The van der Waals surface area contributed by atoms with Gasteiger partial charge in [-0.1, -0.05) is 18.2 Å². The van der Waals surface area contributed by atoms with E-state index in [1.54, 1.807) is 12.4 Å². The molecular weight excluding hydrogens is 611 g/mol. The molecule has 0 aliphatic carbocycles. The second-order valence-electron chi connectivity index (χ2n) is 11.8. The zero-order chi connectivity index (χ0) is 33.1. The number of para-hydroxylation sites is 1. The first kappa shape index (κ1) is 32.7. The van der Waals surface area contributed by atoms with Gasteiger partial charge in [-0.05, 0) is 81.0 Å². The summed E-state index contributed by atoms with van der Waals surface area (Å²) in [6.45, 7) is 3.03. The van der Waals surface area contributed by atoms with Crippen molar-refractivity contribution in [2.45, 2.75) is 44.6 Å². The van der Waals surface area contributed by atoms with E-state index in [4.69, 9.17) is 14.7 Å². The number of hydrogen-bond donors (Lipinski definition) is 3. The van der Waals surface area contributed by atoms with Crippen LogP contribution in [0, 0.1) is 5.82 Å². The number of hydrogen-bond acceptors (Lipinski definition) is 10. The van der Waals surface area contributed by atoms with Gasteiger partial charge >= 0.3 is 5.97 Å². The van der Waals surface area contributed by atoms with E-state index in [9.17, 15) is 14.3 Å². The van der Waals surface area contributed by atoms with Gasteiger partial charge in [-0.15, -0.1) is 0 Å². The van der Waals surface area contributed by atoms with E-state index in [-0.39, 0.29) is 0 Å². The summed E-state index contributed by atoms with van der Waals surface area (Å²) in [7, 11) is 0. The minimum Gasteiger partial charge on any atom is -0.491 e. The molecule has 1 aromatic carbocycles. The Hall–Kier alpha value is -5.23. The quantitative estimate of drug-likeness (QED) is 0.114. The number of pyridine rings is 3. The van der Waals surface area contributed by atoms with Crippen molar-refractivity contribution in [2.24, 2.45) is 0 Å². The van der Waals surface area contributed by atoms with Crippen LogP contribution >= 0.6 is 0 Å². The molecule has 0 radical (unpaired) electrons. The van der Waals surface area contributed by atoms with Gasteiger partial charge in [0.05, 0.1) is 17.9 Å². The molecule has 1 aliphatic rings. The van der Waals surface area contributed by atoms with Crippen molar-refractivity contribution in [1.29, 1.82) is 0 Å². The minimum atomic E-state index is -0.977. The lowest BCUT2D eigenvalue weighted by Crippen LogP contribution is -2.37. The number of carbonyl (C=O) groups is 1. The molecule has 1 atom stereocenters. The predicted octanol–water partition coefficient (Wildman–Crippen LogP) is 5.64. The van der Waals surface area contributed by atoms with E-state index < -0.39 is 17.8 Å². The van der Waals surface area contributed by atoms with Crippen molar-refractivity contribution in [3.63, 3.8) is 0 Å². The van der Waals surface area contributed by atoms with Gasteiger partial charge in [0.15, 0.2) is 5.82 Å². The Kier molecular flexibility index (Phi) is 10.9. The normalized spacial score (nSPS) is 13.1. The van der Waals surface area contributed by atoms with Crippen LogP contribution in [0.2, 0.25) is 0 Å². The average Bonchev–Trinajstić information content (AvgIpc) is 3.11. The maximum atomic E-state index is 13.6. The first-order valence-electron chi connectivity index (χ1n) is 16.4. The second kappa shape index (κ2) is 16.1. The second-order valence-corrected chi connectivity index (χ2v) is 11.8. The first-order chi connectivity index (χ1) is 23.5. The van der Waals surface area contributed by atoms with Crippen LogP contribution in [0.25, 0.3) is 22.3 Å². The van der Waals surface area contributed by atoms with Crippen LogP contribution in [0.1, 0.15) is 36.9 Å². The van der Waals surface area contributed by atoms with Crippen molar-refractivity contribution < 1.29 is 19.0 Å². The topological polar surface area (TPSA) is 138 Å². The predicted molar refractivity (Wildman–Crippen MR) is 183 cm³/mol. The summed E-state index contributed by atoms with van der Waals surface area (Å²) in [4.78, 5) is 37.0. The number of nitrogens with one attached hydrogen (secondary N) is 2. The molecule has 0 fully saturated rings. The molecular formula is C36H39FN8O3. The van der Waals surface area contributed by atoms with Crippen LogP contribution in [0.4, 0.5) is 16.0 Å². The summed E-state index contributed by atoms with van der Waals surface area (Å²) in [6.07, 6.45) is 11.2. The third-order valence-corrected chi connectivity index (χ3v) is 8.33. The molecule has 0 saturated heterocycles. The molecule has 4 aromatic heterocycles. The molecule has 0 bridgehead atoms. The molecule has 11 nitrogen and oxygen atoms in total. The molecule has 0 spiro atoms. The Morgan fingerprint density at radius 3 is 2.77 bits per heavy atom. The molecule has 0 amide bonds. The van der Waals surface area contributed by atoms with E-state index >= 15 is 0 Å². The van der Waals surface area contributed by atoms with Gasteiger partial charge in [0.2, 0.25) is 0 Å². The maximum Gasteiger partial charge on any atom is 0.326 e. The molecule has 0 saturated carbocycles. The van der Waals surface area contributed by atoms with Gasteiger partial charge in [0.25, 0.3) is 0 Å². The van der Waals surface area contributed by atoms with Crippen molar-refractivity contribution in [1.82, 2.24) is 29.8 Å². The Morgan fingerprint density at radius 2 is 1.92 bits per heavy atom. The van der Waals surface area contributed by atoms with Crippen molar-refractivity contribution in [3.05, 3.63) is 96.5 Å². The zero-order valence-corrected chi connectivity index (χ0v) is 26.7. The first-order valence-corrected chi connectivity index (χ1v) is 16.4. The van der Waals surface area contributed by atoms with Crippen LogP contribution in [-0.4, -0.2) is 79.7 Å². The number of aliphatic carboxylic acids is 1. The van der Waals surface area contributed by atoms with Gasteiger partial charge in [0.1, 0.15) is 35.9 Å². The number of aromatic nitrogens is 5. The van der Waals surface area contributed by atoms with E-state index in [1.165, 1.54) is 17.8 Å². The van der Waals surface area contributed by atoms with Gasteiger partial charge in [-0.2, -0.15) is 0 Å². The number of ether oxygens (including phenoxy) is 1. The van der Waals surface area contributed by atoms with E-state index in [1.807, 2.05) is 36.4 Å². The summed E-state index contributed by atoms with van der Waals surface area (Å²) in [6, 6.07) is 15.9. The molecule has 1 aliphatic heterocycles. The Morgan fingerprint density at radius 1 is 1.00 bits per heavy atom. The SMILES string of the molecule is O=C(O)[C@H](CCN(CCCCc1ccc2c(n1)NCCC2)CCOc1cncc(F)c1)Nc1nc(-c2cccnc2)nc2ccccc12. The highest BCUT2D eigenvalue weighted by molar-refractivity contribution is 5.92. The van der Waals surface area contributed by atoms with Crippen LogP contribution in [0.3, 0.4) is 0 Å². The zero-order valence-electron chi connectivity index (χ0n) is 26.7. The smallest absolute Gasteiger partial charge is 0.326 e. The number of benzene rings is 1. The lowest BCUT2D eigenvalue weighted by Gasteiger charge is -2.25. The fourth-order valence-electron chi connectivity index (χ4n) is 5.79. The molecule has 5 aromatic rings. The molecule has 48 heavy (non-hydrogen) atoms. The molecule has 12 heteroatoms. The fraction of sp³-hybridized carbons (Fsp3) is 0.333. The Balaban J connectivity index is 1.11. The molecule has 248 valence electrons. The van der Waals surface area contributed by atoms with E-state index in [0.717, 1.165) is 73.9 Å². The highest BCUT2D eigenvalue weighted by Gasteiger charge is 2.22. The summed E-state index contributed by atoms with van der Waals surface area (Å²) in [5.41, 5.74) is 3.77. The minimum absolute atomic E-state index is 0.305. The van der Waals surface area contributed by atoms with E-state index in [0.29, 0.717) is 49.0 Å². The van der Waals surface area contributed by atoms with Crippen molar-refractivity contribution >= 4 is 28.5 Å². The monoisotopic (exact) mass is 650 g/mol. The third kappa shape index (κ3) is 8.77.